The Morgan fingerprint density at radius 3 is 1.45 bits per heavy atom. The first-order chi connectivity index (χ1) is 4.56. The second-order valence-corrected chi connectivity index (χ2v) is 3.69. The molecule has 6 N–H and O–H groups in total. The Morgan fingerprint density at radius 1 is 1.36 bits per heavy atom. The van der Waals surface area contributed by atoms with E-state index >= 15 is 0 Å². The average Bonchev–Trinajstić information content (AvgIpc) is 1.59. The molecular formula is C4H14NO5P. The molecule has 0 unspecified atom stereocenters. The van der Waals surface area contributed by atoms with Gasteiger partial charge in [0.2, 0.25) is 0 Å². The van der Waals surface area contributed by atoms with E-state index in [1.807, 2.05) is 0 Å². The third-order valence-corrected chi connectivity index (χ3v) is 0.408. The Morgan fingerprint density at radius 2 is 1.45 bits per heavy atom. The minimum Gasteiger partial charge on any atom is -0.394 e. The Hall–Kier alpha value is 0.0300. The van der Waals surface area contributed by atoms with Gasteiger partial charge in [0, 0.05) is 5.54 Å². The van der Waals surface area contributed by atoms with Gasteiger partial charge in [-0.15, -0.1) is 0 Å². The van der Waals surface area contributed by atoms with Crippen molar-refractivity contribution in [2.24, 2.45) is 5.73 Å². The van der Waals surface area contributed by atoms with Crippen LogP contribution < -0.4 is 5.73 Å². The van der Waals surface area contributed by atoms with E-state index in [-0.39, 0.29) is 6.61 Å². The summed E-state index contributed by atoms with van der Waals surface area (Å²) in [5.41, 5.74) is 4.88. The van der Waals surface area contributed by atoms with E-state index < -0.39 is 13.4 Å². The molecule has 11 heavy (non-hydrogen) atoms. The molecule has 0 aromatic carbocycles. The van der Waals surface area contributed by atoms with Crippen LogP contribution in [0, 0.1) is 0 Å². The molecule has 0 fully saturated rings. The largest absolute Gasteiger partial charge is 0.466 e. The Balaban J connectivity index is 0. The van der Waals surface area contributed by atoms with Crippen molar-refractivity contribution in [1.82, 2.24) is 0 Å². The second kappa shape index (κ2) is 4.82. The zero-order valence-corrected chi connectivity index (χ0v) is 7.32. The Labute approximate surface area is 64.9 Å². The molecule has 0 bridgehead atoms. The summed E-state index contributed by atoms with van der Waals surface area (Å²) in [4.78, 5) is 21.6. The Kier molecular flexibility index (Phi) is 5.96. The van der Waals surface area contributed by atoms with E-state index in [1.165, 1.54) is 0 Å². The van der Waals surface area contributed by atoms with Crippen LogP contribution in [0.4, 0.5) is 0 Å². The Bertz CT molecular complexity index is 128. The fourth-order valence-electron chi connectivity index (χ4n) is 0. The van der Waals surface area contributed by atoms with Crippen molar-refractivity contribution < 1.29 is 24.4 Å². The van der Waals surface area contributed by atoms with Crippen LogP contribution in [-0.2, 0) is 4.57 Å². The summed E-state index contributed by atoms with van der Waals surface area (Å²) in [5.74, 6) is 0. The quantitative estimate of drug-likeness (QED) is 0.328. The molecular weight excluding hydrogens is 173 g/mol. The molecule has 0 aliphatic rings. The van der Waals surface area contributed by atoms with Crippen LogP contribution in [0.2, 0.25) is 0 Å². The van der Waals surface area contributed by atoms with Gasteiger partial charge in [0.25, 0.3) is 0 Å². The van der Waals surface area contributed by atoms with Crippen LogP contribution in [0.5, 0.6) is 0 Å². The third-order valence-electron chi connectivity index (χ3n) is 0.408. The van der Waals surface area contributed by atoms with E-state index in [0.29, 0.717) is 0 Å². The highest BCUT2D eigenvalue weighted by molar-refractivity contribution is 7.45. The molecule has 0 saturated heterocycles. The smallest absolute Gasteiger partial charge is 0.394 e. The SMILES string of the molecule is CC(C)(N)CO.O=P(O)(O)O. The van der Waals surface area contributed by atoms with E-state index in [0.717, 1.165) is 0 Å². The molecule has 0 amide bonds. The van der Waals surface area contributed by atoms with Crippen molar-refractivity contribution in [2.45, 2.75) is 19.4 Å². The topological polar surface area (TPSA) is 124 Å². The van der Waals surface area contributed by atoms with E-state index in [4.69, 9.17) is 30.1 Å². The highest BCUT2D eigenvalue weighted by atomic mass is 31.2. The van der Waals surface area contributed by atoms with Crippen molar-refractivity contribution in [2.75, 3.05) is 6.61 Å². The number of hydrogen-bond donors (Lipinski definition) is 5. The minimum atomic E-state index is -4.64. The molecule has 0 atom stereocenters. The van der Waals surface area contributed by atoms with Gasteiger partial charge in [-0.2, -0.15) is 0 Å². The predicted octanol–water partition coefficient (Wildman–Crippen LogP) is -1.21. The van der Waals surface area contributed by atoms with Crippen molar-refractivity contribution in [3.63, 3.8) is 0 Å². The fourth-order valence-corrected chi connectivity index (χ4v) is 0. The van der Waals surface area contributed by atoms with Crippen LogP contribution in [0.1, 0.15) is 13.8 Å². The number of aliphatic hydroxyl groups is 1. The summed E-state index contributed by atoms with van der Waals surface area (Å²) in [7, 11) is -4.64. The van der Waals surface area contributed by atoms with Crippen LogP contribution in [0.3, 0.4) is 0 Å². The van der Waals surface area contributed by atoms with Crippen molar-refractivity contribution >= 4 is 7.82 Å². The lowest BCUT2D eigenvalue weighted by Crippen LogP contribution is -2.35. The molecule has 0 saturated carbocycles. The monoisotopic (exact) mass is 187 g/mol. The molecule has 0 spiro atoms. The first-order valence-electron chi connectivity index (χ1n) is 2.74. The van der Waals surface area contributed by atoms with E-state index in [1.54, 1.807) is 13.8 Å². The van der Waals surface area contributed by atoms with Gasteiger partial charge in [0.05, 0.1) is 6.61 Å². The molecule has 0 aromatic rings. The number of phosphoric acid groups is 1. The summed E-state index contributed by atoms with van der Waals surface area (Å²) >= 11 is 0. The molecule has 0 aliphatic heterocycles. The first-order valence-corrected chi connectivity index (χ1v) is 4.31. The summed E-state index contributed by atoms with van der Waals surface area (Å²) < 4.78 is 8.88. The van der Waals surface area contributed by atoms with Crippen molar-refractivity contribution in [3.05, 3.63) is 0 Å². The van der Waals surface area contributed by atoms with Gasteiger partial charge >= 0.3 is 7.82 Å². The van der Waals surface area contributed by atoms with Gasteiger partial charge in [-0.25, -0.2) is 4.57 Å². The summed E-state index contributed by atoms with van der Waals surface area (Å²) in [6.45, 7) is 3.59. The van der Waals surface area contributed by atoms with Crippen LogP contribution >= 0.6 is 7.82 Å². The lowest BCUT2D eigenvalue weighted by atomic mass is 10.1. The lowest BCUT2D eigenvalue weighted by Gasteiger charge is -2.12. The highest BCUT2D eigenvalue weighted by Gasteiger charge is 2.05. The molecule has 0 aliphatic carbocycles. The zero-order valence-electron chi connectivity index (χ0n) is 6.43. The maximum atomic E-state index is 8.88. The number of hydrogen-bond acceptors (Lipinski definition) is 3. The molecule has 0 aromatic heterocycles. The van der Waals surface area contributed by atoms with Gasteiger partial charge in [0.1, 0.15) is 0 Å². The number of rotatable bonds is 1. The third kappa shape index (κ3) is 70.4. The lowest BCUT2D eigenvalue weighted by molar-refractivity contribution is 0.221. The molecule has 0 radical (unpaired) electrons. The van der Waals surface area contributed by atoms with E-state index in [2.05, 4.69) is 0 Å². The van der Waals surface area contributed by atoms with Gasteiger partial charge in [0.15, 0.2) is 0 Å². The minimum absolute atomic E-state index is 0.0486. The van der Waals surface area contributed by atoms with Crippen LogP contribution in [-0.4, -0.2) is 31.9 Å². The van der Waals surface area contributed by atoms with Gasteiger partial charge < -0.3 is 25.5 Å². The molecule has 0 rings (SSSR count). The summed E-state index contributed by atoms with van der Waals surface area (Å²) in [6, 6.07) is 0. The second-order valence-electron chi connectivity index (χ2n) is 2.66. The standard InChI is InChI=1S/C4H11NO.H3O4P/c1-4(2,5)3-6;1-5(2,3)4/h6H,3,5H2,1-2H3;(H3,1,2,3,4). The summed E-state index contributed by atoms with van der Waals surface area (Å²) in [5, 5.41) is 8.28. The van der Waals surface area contributed by atoms with Gasteiger partial charge in [-0.1, -0.05) is 0 Å². The molecule has 7 heteroatoms. The maximum absolute atomic E-state index is 8.88. The normalized spacial score (nSPS) is 11.9. The molecule has 70 valence electrons. The van der Waals surface area contributed by atoms with Crippen LogP contribution in [0.15, 0.2) is 0 Å². The van der Waals surface area contributed by atoms with E-state index in [9.17, 15) is 0 Å². The maximum Gasteiger partial charge on any atom is 0.466 e. The van der Waals surface area contributed by atoms with Crippen LogP contribution in [0.25, 0.3) is 0 Å². The molecule has 0 heterocycles. The van der Waals surface area contributed by atoms with Gasteiger partial charge in [-0.05, 0) is 13.8 Å². The average molecular weight is 187 g/mol. The first kappa shape index (κ1) is 13.6. The highest BCUT2D eigenvalue weighted by Crippen LogP contribution is 2.25. The number of nitrogens with two attached hydrogens (primary N) is 1. The molecule has 6 nitrogen and oxygen atoms in total. The fraction of sp³-hybridized carbons (Fsp3) is 1.00. The van der Waals surface area contributed by atoms with Crippen molar-refractivity contribution in [3.8, 4) is 0 Å². The number of aliphatic hydroxyl groups excluding tert-OH is 1. The van der Waals surface area contributed by atoms with Crippen molar-refractivity contribution in [1.29, 1.82) is 0 Å². The zero-order chi connectivity index (χ0) is 9.71. The van der Waals surface area contributed by atoms with Gasteiger partial charge in [-0.3, -0.25) is 0 Å². The predicted molar refractivity (Wildman–Crippen MR) is 39.6 cm³/mol. The summed E-state index contributed by atoms with van der Waals surface area (Å²) in [6.07, 6.45) is 0.